The van der Waals surface area contributed by atoms with Crippen molar-refractivity contribution in [2.75, 3.05) is 23.3 Å². The summed E-state index contributed by atoms with van der Waals surface area (Å²) < 4.78 is 0. The van der Waals surface area contributed by atoms with Crippen molar-refractivity contribution in [1.82, 2.24) is 15.2 Å². The highest BCUT2D eigenvalue weighted by atomic mass is 15.3. The molecule has 24 heavy (non-hydrogen) atoms. The fourth-order valence-corrected chi connectivity index (χ4v) is 2.81. The number of hydrogen-bond donors (Lipinski definition) is 1. The second-order valence-electron chi connectivity index (χ2n) is 6.45. The highest BCUT2D eigenvalue weighted by Crippen LogP contribution is 2.29. The molecular formula is C19H29N5. The zero-order chi connectivity index (χ0) is 17.5. The highest BCUT2D eigenvalue weighted by Gasteiger charge is 2.13. The van der Waals surface area contributed by atoms with E-state index in [4.69, 9.17) is 0 Å². The van der Waals surface area contributed by atoms with E-state index in [1.165, 1.54) is 11.1 Å². The third-order valence-corrected chi connectivity index (χ3v) is 4.00. The summed E-state index contributed by atoms with van der Waals surface area (Å²) in [4.78, 5) is 6.88. The van der Waals surface area contributed by atoms with Crippen LogP contribution in [-0.4, -0.2) is 28.3 Å². The molecule has 0 saturated carbocycles. The minimum absolute atomic E-state index is 0.443. The van der Waals surface area contributed by atoms with Gasteiger partial charge in [-0.05, 0) is 36.8 Å². The second kappa shape index (κ2) is 8.62. The van der Waals surface area contributed by atoms with Crippen LogP contribution in [0, 0.1) is 6.92 Å². The van der Waals surface area contributed by atoms with Crippen molar-refractivity contribution in [3.8, 4) is 0 Å². The summed E-state index contributed by atoms with van der Waals surface area (Å²) in [5, 5.41) is 11.8. The largest absolute Gasteiger partial charge is 0.339 e. The Labute approximate surface area is 145 Å². The Hall–Kier alpha value is -2.17. The first kappa shape index (κ1) is 18.2. The van der Waals surface area contributed by atoms with Gasteiger partial charge in [-0.1, -0.05) is 45.9 Å². The van der Waals surface area contributed by atoms with E-state index < -0.39 is 0 Å². The molecule has 0 spiro atoms. The van der Waals surface area contributed by atoms with E-state index in [2.05, 4.69) is 78.2 Å². The number of para-hydroxylation sites is 1. The van der Waals surface area contributed by atoms with Crippen molar-refractivity contribution in [3.05, 3.63) is 35.5 Å². The van der Waals surface area contributed by atoms with E-state index >= 15 is 0 Å². The summed E-state index contributed by atoms with van der Waals surface area (Å²) in [6, 6.07) is 6.38. The highest BCUT2D eigenvalue weighted by molar-refractivity contribution is 5.65. The summed E-state index contributed by atoms with van der Waals surface area (Å²) in [5.41, 5.74) is 3.62. The fourth-order valence-electron chi connectivity index (χ4n) is 2.81. The lowest BCUT2D eigenvalue weighted by atomic mass is 9.98. The van der Waals surface area contributed by atoms with E-state index in [1.54, 1.807) is 6.20 Å². The van der Waals surface area contributed by atoms with Crippen LogP contribution in [0.25, 0.3) is 0 Å². The maximum Gasteiger partial charge on any atom is 0.247 e. The number of aromatic nitrogens is 3. The van der Waals surface area contributed by atoms with Gasteiger partial charge in [0.1, 0.15) is 0 Å². The zero-order valence-electron chi connectivity index (χ0n) is 15.5. The number of hydrogen-bond acceptors (Lipinski definition) is 5. The van der Waals surface area contributed by atoms with Gasteiger partial charge in [0.2, 0.25) is 5.95 Å². The molecule has 5 nitrogen and oxygen atoms in total. The Morgan fingerprint density at radius 1 is 1.12 bits per heavy atom. The number of aryl methyl sites for hydroxylation is 1. The molecule has 5 heteroatoms. The van der Waals surface area contributed by atoms with Crippen LogP contribution >= 0.6 is 0 Å². The van der Waals surface area contributed by atoms with Gasteiger partial charge in [0, 0.05) is 18.8 Å². The first-order chi connectivity index (χ1) is 11.6. The normalized spacial score (nSPS) is 10.9. The monoisotopic (exact) mass is 327 g/mol. The summed E-state index contributed by atoms with van der Waals surface area (Å²) in [6.07, 6.45) is 3.82. The zero-order valence-corrected chi connectivity index (χ0v) is 15.5. The number of nitrogens with zero attached hydrogens (tertiary/aromatic N) is 4. The maximum atomic E-state index is 4.69. The molecule has 1 aromatic heterocycles. The van der Waals surface area contributed by atoms with Gasteiger partial charge in [-0.3, -0.25) is 0 Å². The van der Waals surface area contributed by atoms with Crippen molar-refractivity contribution >= 4 is 17.5 Å². The van der Waals surface area contributed by atoms with Crippen LogP contribution < -0.4 is 10.2 Å². The van der Waals surface area contributed by atoms with Crippen LogP contribution in [0.15, 0.2) is 24.4 Å². The standard InChI is InChI=1S/C19H29N5/c1-6-11-24(12-7-2)19-22-17(13-20-23-19)21-18-15(5)9-8-10-16(18)14(3)4/h8-10,13-14H,6-7,11-12H2,1-5H3,(H,21,22,23). The lowest BCUT2D eigenvalue weighted by Crippen LogP contribution is -2.27. The van der Waals surface area contributed by atoms with Gasteiger partial charge in [-0.25, -0.2) is 0 Å². The van der Waals surface area contributed by atoms with Crippen LogP contribution in [0.4, 0.5) is 17.5 Å². The molecule has 0 aliphatic rings. The van der Waals surface area contributed by atoms with E-state index in [-0.39, 0.29) is 0 Å². The van der Waals surface area contributed by atoms with Crippen LogP contribution in [0.1, 0.15) is 57.6 Å². The third kappa shape index (κ3) is 4.43. The van der Waals surface area contributed by atoms with Crippen LogP contribution in [0.3, 0.4) is 0 Å². The molecule has 2 rings (SSSR count). The topological polar surface area (TPSA) is 53.9 Å². The molecular weight excluding hydrogens is 298 g/mol. The third-order valence-electron chi connectivity index (χ3n) is 4.00. The van der Waals surface area contributed by atoms with Crippen molar-refractivity contribution in [2.45, 2.75) is 53.4 Å². The van der Waals surface area contributed by atoms with Gasteiger partial charge >= 0.3 is 0 Å². The molecule has 0 unspecified atom stereocenters. The molecule has 0 amide bonds. The van der Waals surface area contributed by atoms with Gasteiger partial charge in [0.25, 0.3) is 0 Å². The van der Waals surface area contributed by atoms with Gasteiger partial charge in [0.15, 0.2) is 5.82 Å². The van der Waals surface area contributed by atoms with Gasteiger partial charge in [-0.2, -0.15) is 10.1 Å². The predicted molar refractivity (Wildman–Crippen MR) is 101 cm³/mol. The van der Waals surface area contributed by atoms with Crippen molar-refractivity contribution in [2.24, 2.45) is 0 Å². The molecule has 0 aliphatic heterocycles. The Morgan fingerprint density at radius 2 is 1.83 bits per heavy atom. The Bertz CT molecular complexity index is 648. The lowest BCUT2D eigenvalue weighted by molar-refractivity contribution is 0.711. The molecule has 0 bridgehead atoms. The molecule has 130 valence electrons. The molecule has 0 saturated heterocycles. The summed E-state index contributed by atoms with van der Waals surface area (Å²) in [7, 11) is 0. The number of rotatable bonds is 8. The fraction of sp³-hybridized carbons (Fsp3) is 0.526. The number of nitrogens with one attached hydrogen (secondary N) is 1. The lowest BCUT2D eigenvalue weighted by Gasteiger charge is -2.21. The van der Waals surface area contributed by atoms with Crippen LogP contribution in [-0.2, 0) is 0 Å². The van der Waals surface area contributed by atoms with E-state index in [0.717, 1.165) is 37.4 Å². The first-order valence-corrected chi connectivity index (χ1v) is 8.88. The van der Waals surface area contributed by atoms with Gasteiger partial charge < -0.3 is 10.2 Å². The SMILES string of the molecule is CCCN(CCC)c1nncc(Nc2c(C)cccc2C(C)C)n1. The Kier molecular flexibility index (Phi) is 6.53. The molecule has 1 heterocycles. The molecule has 1 N–H and O–H groups in total. The summed E-state index contributed by atoms with van der Waals surface area (Å²) >= 11 is 0. The average Bonchev–Trinajstić information content (AvgIpc) is 2.56. The molecule has 1 aromatic carbocycles. The second-order valence-corrected chi connectivity index (χ2v) is 6.45. The van der Waals surface area contributed by atoms with Crippen LogP contribution in [0.2, 0.25) is 0 Å². The quantitative estimate of drug-likeness (QED) is 0.763. The van der Waals surface area contributed by atoms with E-state index in [0.29, 0.717) is 11.9 Å². The average molecular weight is 327 g/mol. The molecule has 0 atom stereocenters. The Balaban J connectivity index is 2.30. The maximum absolute atomic E-state index is 4.69. The number of benzene rings is 1. The van der Waals surface area contributed by atoms with E-state index in [9.17, 15) is 0 Å². The molecule has 0 radical (unpaired) electrons. The predicted octanol–water partition coefficient (Wildman–Crippen LogP) is 4.67. The smallest absolute Gasteiger partial charge is 0.247 e. The van der Waals surface area contributed by atoms with Gasteiger partial charge in [-0.15, -0.1) is 5.10 Å². The summed E-state index contributed by atoms with van der Waals surface area (Å²) in [5.74, 6) is 1.88. The van der Waals surface area contributed by atoms with Crippen molar-refractivity contribution in [3.63, 3.8) is 0 Å². The number of anilines is 3. The first-order valence-electron chi connectivity index (χ1n) is 8.88. The van der Waals surface area contributed by atoms with Crippen molar-refractivity contribution < 1.29 is 0 Å². The molecule has 0 aliphatic carbocycles. The van der Waals surface area contributed by atoms with E-state index in [1.807, 2.05) is 0 Å². The van der Waals surface area contributed by atoms with Gasteiger partial charge in [0.05, 0.1) is 6.20 Å². The minimum atomic E-state index is 0.443. The summed E-state index contributed by atoms with van der Waals surface area (Å²) in [6.45, 7) is 12.7. The van der Waals surface area contributed by atoms with Crippen LogP contribution in [0.5, 0.6) is 0 Å². The van der Waals surface area contributed by atoms with Crippen molar-refractivity contribution in [1.29, 1.82) is 0 Å². The molecule has 2 aromatic rings. The molecule has 0 fully saturated rings. The Morgan fingerprint density at radius 3 is 2.46 bits per heavy atom. The minimum Gasteiger partial charge on any atom is -0.339 e.